The van der Waals surface area contributed by atoms with E-state index in [4.69, 9.17) is 16.3 Å². The number of aromatic nitrogens is 1. The first kappa shape index (κ1) is 10.8. The second-order valence-corrected chi connectivity index (χ2v) is 3.99. The van der Waals surface area contributed by atoms with E-state index in [1.807, 2.05) is 0 Å². The lowest BCUT2D eigenvalue weighted by Crippen LogP contribution is -2.09. The Hall–Kier alpha value is -0.280. The highest BCUT2D eigenvalue weighted by Gasteiger charge is 2.01. The van der Waals surface area contributed by atoms with Crippen LogP contribution in [0.25, 0.3) is 0 Å². The molecular formula is C9H11BrClNO. The monoisotopic (exact) mass is 263 g/mol. The fourth-order valence-electron chi connectivity index (χ4n) is 0.754. The average Bonchev–Trinajstić information content (AvgIpc) is 2.14. The van der Waals surface area contributed by atoms with Crippen molar-refractivity contribution in [1.82, 2.24) is 4.98 Å². The van der Waals surface area contributed by atoms with Crippen molar-refractivity contribution in [2.24, 2.45) is 5.92 Å². The summed E-state index contributed by atoms with van der Waals surface area (Å²) in [4.78, 5) is 3.92. The largest absolute Gasteiger partial charge is 0.492 e. The first-order valence-corrected chi connectivity index (χ1v) is 5.51. The van der Waals surface area contributed by atoms with Gasteiger partial charge in [-0.15, -0.1) is 0 Å². The van der Waals surface area contributed by atoms with E-state index < -0.39 is 0 Å². The summed E-state index contributed by atoms with van der Waals surface area (Å²) in [6, 6.07) is 1.76. The van der Waals surface area contributed by atoms with E-state index in [-0.39, 0.29) is 0 Å². The van der Waals surface area contributed by atoms with Crippen LogP contribution in [0.5, 0.6) is 5.75 Å². The van der Waals surface area contributed by atoms with Crippen molar-refractivity contribution in [2.75, 3.05) is 11.9 Å². The molecule has 0 saturated heterocycles. The van der Waals surface area contributed by atoms with Crippen LogP contribution >= 0.6 is 27.5 Å². The number of hydrogen-bond acceptors (Lipinski definition) is 2. The Bertz CT molecular complexity index is 270. The maximum Gasteiger partial charge on any atom is 0.139 e. The normalized spacial score (nSPS) is 12.5. The van der Waals surface area contributed by atoms with Crippen LogP contribution in [-0.4, -0.2) is 16.9 Å². The third-order valence-electron chi connectivity index (χ3n) is 1.48. The van der Waals surface area contributed by atoms with E-state index in [0.717, 1.165) is 11.1 Å². The maximum absolute atomic E-state index is 5.74. The first-order chi connectivity index (χ1) is 6.22. The van der Waals surface area contributed by atoms with Gasteiger partial charge in [-0.2, -0.15) is 0 Å². The molecule has 2 nitrogen and oxygen atoms in total. The van der Waals surface area contributed by atoms with E-state index in [1.165, 1.54) is 0 Å². The average molecular weight is 265 g/mol. The number of alkyl halides is 1. The summed E-state index contributed by atoms with van der Waals surface area (Å²) in [6.07, 6.45) is 3.25. The molecule has 1 aromatic rings. The van der Waals surface area contributed by atoms with Crippen molar-refractivity contribution in [2.45, 2.75) is 6.92 Å². The van der Waals surface area contributed by atoms with E-state index in [2.05, 4.69) is 27.8 Å². The first-order valence-electron chi connectivity index (χ1n) is 4.01. The third kappa shape index (κ3) is 3.96. The molecule has 0 N–H and O–H groups in total. The molecule has 0 fully saturated rings. The van der Waals surface area contributed by atoms with Crippen LogP contribution in [0.1, 0.15) is 6.92 Å². The quantitative estimate of drug-likeness (QED) is 0.780. The molecule has 1 atom stereocenters. The molecule has 13 heavy (non-hydrogen) atoms. The fraction of sp³-hybridized carbons (Fsp3) is 0.444. The van der Waals surface area contributed by atoms with Gasteiger partial charge in [0, 0.05) is 17.6 Å². The lowest BCUT2D eigenvalue weighted by molar-refractivity contribution is 0.273. The van der Waals surface area contributed by atoms with Gasteiger partial charge in [-0.1, -0.05) is 34.5 Å². The second-order valence-electron chi connectivity index (χ2n) is 2.91. The van der Waals surface area contributed by atoms with Crippen molar-refractivity contribution in [1.29, 1.82) is 0 Å². The molecule has 0 aliphatic rings. The second kappa shape index (κ2) is 5.45. The summed E-state index contributed by atoms with van der Waals surface area (Å²) in [5.41, 5.74) is 0. The molecule has 4 heteroatoms. The Morgan fingerprint density at radius 1 is 1.62 bits per heavy atom. The molecule has 72 valence electrons. The molecular weight excluding hydrogens is 253 g/mol. The van der Waals surface area contributed by atoms with E-state index in [0.29, 0.717) is 17.5 Å². The summed E-state index contributed by atoms with van der Waals surface area (Å²) < 4.78 is 5.46. The number of hydrogen-bond donors (Lipinski definition) is 0. The third-order valence-corrected chi connectivity index (χ3v) is 2.79. The van der Waals surface area contributed by atoms with Gasteiger partial charge in [0.25, 0.3) is 0 Å². The summed E-state index contributed by atoms with van der Waals surface area (Å²) in [5, 5.41) is 1.53. The van der Waals surface area contributed by atoms with Gasteiger partial charge >= 0.3 is 0 Å². The summed E-state index contributed by atoms with van der Waals surface area (Å²) in [5.74, 6) is 1.21. The van der Waals surface area contributed by atoms with Crippen LogP contribution in [0.2, 0.25) is 5.02 Å². The predicted octanol–water partition coefficient (Wildman–Crippen LogP) is 3.14. The van der Waals surface area contributed by atoms with Crippen LogP contribution in [0.4, 0.5) is 0 Å². The zero-order chi connectivity index (χ0) is 9.68. The van der Waals surface area contributed by atoms with Crippen molar-refractivity contribution in [3.05, 3.63) is 23.5 Å². The fourth-order valence-corrected chi connectivity index (χ4v) is 1.11. The van der Waals surface area contributed by atoms with Gasteiger partial charge in [0.05, 0.1) is 17.8 Å². The molecule has 0 saturated carbocycles. The smallest absolute Gasteiger partial charge is 0.139 e. The molecule has 1 rings (SSSR count). The lowest BCUT2D eigenvalue weighted by atomic mass is 10.2. The molecule has 1 unspecified atom stereocenters. The molecule has 1 aromatic heterocycles. The van der Waals surface area contributed by atoms with Gasteiger partial charge in [-0.3, -0.25) is 4.98 Å². The summed E-state index contributed by atoms with van der Waals surface area (Å²) in [6.45, 7) is 2.78. The molecule has 0 aromatic carbocycles. The highest BCUT2D eigenvalue weighted by atomic mass is 79.9. The van der Waals surface area contributed by atoms with Crippen LogP contribution < -0.4 is 4.74 Å². The molecule has 1 heterocycles. The Balaban J connectivity index is 2.45. The topological polar surface area (TPSA) is 22.1 Å². The number of rotatable bonds is 4. The Morgan fingerprint density at radius 3 is 3.00 bits per heavy atom. The van der Waals surface area contributed by atoms with E-state index >= 15 is 0 Å². The van der Waals surface area contributed by atoms with Gasteiger partial charge in [0.1, 0.15) is 5.75 Å². The highest BCUT2D eigenvalue weighted by molar-refractivity contribution is 9.09. The molecule has 0 aliphatic carbocycles. The molecule has 0 spiro atoms. The molecule has 0 amide bonds. The van der Waals surface area contributed by atoms with Crippen LogP contribution in [0, 0.1) is 5.92 Å². The zero-order valence-corrected chi connectivity index (χ0v) is 9.68. The van der Waals surface area contributed by atoms with Crippen molar-refractivity contribution >= 4 is 27.5 Å². The molecule has 0 bridgehead atoms. The summed E-state index contributed by atoms with van der Waals surface area (Å²) >= 11 is 9.12. The van der Waals surface area contributed by atoms with Gasteiger partial charge in [0.15, 0.2) is 0 Å². The van der Waals surface area contributed by atoms with Gasteiger partial charge in [0.2, 0.25) is 0 Å². The number of pyridine rings is 1. The van der Waals surface area contributed by atoms with Crippen molar-refractivity contribution in [3.8, 4) is 5.75 Å². The SMILES string of the molecule is CC(CBr)COc1cncc(Cl)c1. The van der Waals surface area contributed by atoms with Crippen LogP contribution in [-0.2, 0) is 0 Å². The maximum atomic E-state index is 5.74. The highest BCUT2D eigenvalue weighted by Crippen LogP contribution is 2.15. The minimum Gasteiger partial charge on any atom is -0.492 e. The number of nitrogens with zero attached hydrogens (tertiary/aromatic N) is 1. The number of halogens is 2. The Kier molecular flexibility index (Phi) is 4.53. The van der Waals surface area contributed by atoms with Gasteiger partial charge < -0.3 is 4.74 Å². The predicted molar refractivity (Wildman–Crippen MR) is 57.7 cm³/mol. The Labute approximate surface area is 91.4 Å². The minimum atomic E-state index is 0.485. The van der Waals surface area contributed by atoms with Gasteiger partial charge in [-0.05, 0) is 5.92 Å². The summed E-state index contributed by atoms with van der Waals surface area (Å²) in [7, 11) is 0. The van der Waals surface area contributed by atoms with Crippen LogP contribution in [0.15, 0.2) is 18.5 Å². The minimum absolute atomic E-state index is 0.485. The van der Waals surface area contributed by atoms with Crippen LogP contribution in [0.3, 0.4) is 0 Å². The van der Waals surface area contributed by atoms with Crippen molar-refractivity contribution < 1.29 is 4.74 Å². The zero-order valence-electron chi connectivity index (χ0n) is 7.34. The van der Waals surface area contributed by atoms with E-state index in [9.17, 15) is 0 Å². The number of ether oxygens (including phenoxy) is 1. The van der Waals surface area contributed by atoms with E-state index in [1.54, 1.807) is 18.5 Å². The molecule has 0 aliphatic heterocycles. The standard InChI is InChI=1S/C9H11BrClNO/c1-7(3-10)6-13-9-2-8(11)4-12-5-9/h2,4-5,7H,3,6H2,1H3. The Morgan fingerprint density at radius 2 is 2.38 bits per heavy atom. The van der Waals surface area contributed by atoms with Gasteiger partial charge in [-0.25, -0.2) is 0 Å². The molecule has 0 radical (unpaired) electrons. The lowest BCUT2D eigenvalue weighted by Gasteiger charge is -2.09. The van der Waals surface area contributed by atoms with Crippen molar-refractivity contribution in [3.63, 3.8) is 0 Å².